The van der Waals surface area contributed by atoms with E-state index >= 15 is 0 Å². The number of fused-ring (bicyclic) bond motifs is 7. The predicted molar refractivity (Wildman–Crippen MR) is 173 cm³/mol. The lowest BCUT2D eigenvalue weighted by Gasteiger charge is -2.72. The van der Waals surface area contributed by atoms with E-state index in [0.717, 1.165) is 56.3 Å². The quantitative estimate of drug-likeness (QED) is 0.330. The maximum atomic E-state index is 13.9. The Hall–Kier alpha value is -1.82. The number of Topliss-reactive ketones (excluding diaryl/α,β-unsaturated/α-hetero) is 1. The first-order valence-electron chi connectivity index (χ1n) is 17.7. The molecule has 6 aliphatic rings. The molecule has 6 rings (SSSR count). The first-order chi connectivity index (χ1) is 20.6. The van der Waals surface area contributed by atoms with Gasteiger partial charge >= 0.3 is 6.09 Å². The highest BCUT2D eigenvalue weighted by Crippen LogP contribution is 2.76. The molecule has 0 aromatic heterocycles. The summed E-state index contributed by atoms with van der Waals surface area (Å²) in [5.41, 5.74) is 0.979. The predicted octanol–water partition coefficient (Wildman–Crippen LogP) is 7.99. The largest absolute Gasteiger partial charge is 0.501 e. The van der Waals surface area contributed by atoms with Crippen LogP contribution in [0.4, 0.5) is 4.79 Å². The van der Waals surface area contributed by atoms with Crippen molar-refractivity contribution in [2.24, 2.45) is 57.2 Å². The minimum atomic E-state index is -0.529. The SMILES string of the molecule is COC1=CC=C(COC(=O)NC23CC[C@]4(C)[C@H](CC[C@@H]5[C@@]6(C)CC[C@H](O)C(C)(C)C6CC[C@]54C)C2C(C(C)C)C(=O)C3)CC1. The summed E-state index contributed by atoms with van der Waals surface area (Å²) in [5.74, 6) is 3.14. The molecule has 0 aromatic carbocycles. The molecule has 4 unspecified atom stereocenters. The van der Waals surface area contributed by atoms with E-state index in [1.165, 1.54) is 19.3 Å². The van der Waals surface area contributed by atoms with Gasteiger partial charge in [0.2, 0.25) is 0 Å². The average Bonchev–Trinajstić information content (AvgIpc) is 3.26. The number of nitrogens with one attached hydrogen (secondary N) is 1. The first kappa shape index (κ1) is 32.1. The number of aliphatic hydroxyl groups excluding tert-OH is 1. The summed E-state index contributed by atoms with van der Waals surface area (Å²) in [4.78, 5) is 27.4. The number of hydrogen-bond acceptors (Lipinski definition) is 5. The van der Waals surface area contributed by atoms with Gasteiger partial charge in [-0.1, -0.05) is 54.5 Å². The third kappa shape index (κ3) is 4.57. The highest BCUT2D eigenvalue weighted by atomic mass is 16.5. The number of ether oxygens (including phenoxy) is 2. The molecule has 0 aliphatic heterocycles. The fourth-order valence-electron chi connectivity index (χ4n) is 12.8. The van der Waals surface area contributed by atoms with Gasteiger partial charge in [-0.25, -0.2) is 4.79 Å². The Balaban J connectivity index is 1.28. The molecule has 1 amide bonds. The van der Waals surface area contributed by atoms with E-state index < -0.39 is 5.54 Å². The van der Waals surface area contributed by atoms with Crippen LogP contribution in [-0.2, 0) is 14.3 Å². The molecule has 10 atom stereocenters. The maximum Gasteiger partial charge on any atom is 0.407 e. The van der Waals surface area contributed by atoms with Gasteiger partial charge in [0.25, 0.3) is 0 Å². The summed E-state index contributed by atoms with van der Waals surface area (Å²) >= 11 is 0. The number of aliphatic hydroxyl groups is 1. The van der Waals surface area contributed by atoms with E-state index in [2.05, 4.69) is 53.8 Å². The van der Waals surface area contributed by atoms with Crippen LogP contribution in [0, 0.1) is 57.2 Å². The Kier molecular flexibility index (Phi) is 7.94. The molecule has 2 N–H and O–H groups in total. The fraction of sp³-hybridized carbons (Fsp3) is 0.842. The van der Waals surface area contributed by atoms with E-state index in [1.54, 1.807) is 7.11 Å². The molecule has 5 saturated carbocycles. The van der Waals surface area contributed by atoms with Crippen molar-refractivity contribution >= 4 is 11.9 Å². The van der Waals surface area contributed by atoms with Crippen molar-refractivity contribution in [3.63, 3.8) is 0 Å². The number of carbonyl (C=O) groups is 2. The molecular formula is C38H59NO5. The van der Waals surface area contributed by atoms with Crippen LogP contribution in [0.25, 0.3) is 0 Å². The summed E-state index contributed by atoms with van der Waals surface area (Å²) in [7, 11) is 1.69. The number of hydrogen-bond donors (Lipinski definition) is 2. The number of ketones is 1. The van der Waals surface area contributed by atoms with E-state index in [-0.39, 0.29) is 58.2 Å². The van der Waals surface area contributed by atoms with Gasteiger partial charge in [0.1, 0.15) is 12.4 Å². The van der Waals surface area contributed by atoms with Crippen molar-refractivity contribution in [2.75, 3.05) is 13.7 Å². The molecule has 0 aromatic rings. The molecular weight excluding hydrogens is 550 g/mol. The molecule has 44 heavy (non-hydrogen) atoms. The molecule has 0 bridgehead atoms. The van der Waals surface area contributed by atoms with Crippen molar-refractivity contribution in [3.8, 4) is 0 Å². The van der Waals surface area contributed by atoms with E-state index in [9.17, 15) is 14.7 Å². The van der Waals surface area contributed by atoms with Crippen molar-refractivity contribution in [2.45, 2.75) is 131 Å². The van der Waals surface area contributed by atoms with E-state index in [1.807, 2.05) is 12.2 Å². The highest BCUT2D eigenvalue weighted by molar-refractivity contribution is 5.87. The van der Waals surface area contributed by atoms with Gasteiger partial charge < -0.3 is 19.9 Å². The smallest absolute Gasteiger partial charge is 0.407 e. The summed E-state index contributed by atoms with van der Waals surface area (Å²) in [6, 6.07) is 0. The van der Waals surface area contributed by atoms with Gasteiger partial charge in [-0.2, -0.15) is 0 Å². The second kappa shape index (κ2) is 10.9. The molecule has 0 radical (unpaired) electrons. The molecule has 0 heterocycles. The van der Waals surface area contributed by atoms with Crippen molar-refractivity contribution in [1.82, 2.24) is 5.32 Å². The Morgan fingerprint density at radius 2 is 1.70 bits per heavy atom. The molecule has 6 heteroatoms. The van der Waals surface area contributed by atoms with Gasteiger partial charge in [0.05, 0.1) is 24.5 Å². The monoisotopic (exact) mass is 609 g/mol. The minimum Gasteiger partial charge on any atom is -0.501 e. The zero-order chi connectivity index (χ0) is 31.9. The summed E-state index contributed by atoms with van der Waals surface area (Å²) in [6.07, 6.45) is 13.9. The molecule has 0 saturated heterocycles. The Bertz CT molecular complexity index is 1240. The molecule has 246 valence electrons. The second-order valence-electron chi connectivity index (χ2n) is 17.5. The van der Waals surface area contributed by atoms with Gasteiger partial charge in [-0.05, 0) is 121 Å². The van der Waals surface area contributed by atoms with Crippen LogP contribution in [0.2, 0.25) is 0 Å². The highest BCUT2D eigenvalue weighted by Gasteiger charge is 2.72. The second-order valence-corrected chi connectivity index (χ2v) is 17.5. The standard InChI is InChI=1S/C38H59NO5/c1-23(2)31-27(40)21-38(39-33(42)44-22-24-9-11-25(43-8)12-10-24)20-19-36(6)26(32(31)38)13-14-29-35(5)17-16-30(41)34(3,4)28(35)15-18-37(29,36)7/h9,11,23,26,28-32,41H,10,12-22H2,1-8H3,(H,39,42)/t26-,28?,29-,30+,31?,32?,35+,36-,37-,38?/m1/s1. The molecule has 6 aliphatic carbocycles. The number of allylic oxidation sites excluding steroid dienone is 3. The van der Waals surface area contributed by atoms with E-state index in [4.69, 9.17) is 9.47 Å². The lowest BCUT2D eigenvalue weighted by Crippen LogP contribution is -2.69. The van der Waals surface area contributed by atoms with E-state index in [0.29, 0.717) is 30.0 Å². The van der Waals surface area contributed by atoms with Crippen molar-refractivity contribution in [3.05, 3.63) is 23.5 Å². The number of methoxy groups -OCH3 is 1. The Labute approximate surface area is 266 Å². The fourth-order valence-corrected chi connectivity index (χ4v) is 12.8. The lowest BCUT2D eigenvalue weighted by atomic mass is 9.32. The van der Waals surface area contributed by atoms with Gasteiger partial charge in [0.15, 0.2) is 0 Å². The van der Waals surface area contributed by atoms with Crippen LogP contribution < -0.4 is 5.32 Å². The zero-order valence-electron chi connectivity index (χ0n) is 28.8. The van der Waals surface area contributed by atoms with Crippen molar-refractivity contribution in [1.29, 1.82) is 0 Å². The van der Waals surface area contributed by atoms with Gasteiger partial charge in [0, 0.05) is 18.8 Å². The number of amides is 1. The zero-order valence-corrected chi connectivity index (χ0v) is 28.8. The normalized spacial score (nSPS) is 46.1. The number of carbonyl (C=O) groups excluding carboxylic acids is 2. The Morgan fingerprint density at radius 1 is 0.955 bits per heavy atom. The maximum absolute atomic E-state index is 13.9. The number of rotatable bonds is 5. The van der Waals surface area contributed by atoms with Gasteiger partial charge in [-0.3, -0.25) is 4.79 Å². The average molecular weight is 610 g/mol. The van der Waals surface area contributed by atoms with Crippen LogP contribution in [0.15, 0.2) is 23.5 Å². The van der Waals surface area contributed by atoms with Crippen LogP contribution >= 0.6 is 0 Å². The summed E-state index contributed by atoms with van der Waals surface area (Å²) in [6.45, 7) is 17.0. The number of alkyl carbamates (subject to hydrolysis) is 1. The van der Waals surface area contributed by atoms with Crippen LogP contribution in [0.5, 0.6) is 0 Å². The molecule has 0 spiro atoms. The lowest BCUT2D eigenvalue weighted by molar-refractivity contribution is -0.244. The summed E-state index contributed by atoms with van der Waals surface area (Å²) < 4.78 is 11.2. The first-order valence-corrected chi connectivity index (χ1v) is 17.7. The third-order valence-electron chi connectivity index (χ3n) is 15.2. The van der Waals surface area contributed by atoms with Crippen LogP contribution in [0.3, 0.4) is 0 Å². The Morgan fingerprint density at radius 3 is 2.36 bits per heavy atom. The summed E-state index contributed by atoms with van der Waals surface area (Å²) in [5, 5.41) is 14.4. The molecule has 6 nitrogen and oxygen atoms in total. The van der Waals surface area contributed by atoms with Crippen LogP contribution in [-0.4, -0.2) is 42.3 Å². The molecule has 5 fully saturated rings. The van der Waals surface area contributed by atoms with Crippen molar-refractivity contribution < 1.29 is 24.2 Å². The topological polar surface area (TPSA) is 84.9 Å². The third-order valence-corrected chi connectivity index (χ3v) is 15.2. The minimum absolute atomic E-state index is 0.0329. The van der Waals surface area contributed by atoms with Crippen LogP contribution in [0.1, 0.15) is 119 Å². The van der Waals surface area contributed by atoms with Gasteiger partial charge in [-0.15, -0.1) is 0 Å².